The molecule has 192 valence electrons. The van der Waals surface area contributed by atoms with Crippen molar-refractivity contribution < 1.29 is 0 Å². The van der Waals surface area contributed by atoms with Crippen molar-refractivity contribution in [1.29, 1.82) is 0 Å². The Hall–Kier alpha value is -3.99. The van der Waals surface area contributed by atoms with Gasteiger partial charge in [-0.05, 0) is 78.2 Å². The average Bonchev–Trinajstić information content (AvgIpc) is 3.45. The summed E-state index contributed by atoms with van der Waals surface area (Å²) in [6.45, 7) is 0. The summed E-state index contributed by atoms with van der Waals surface area (Å²) in [6.07, 6.45) is 8.23. The van der Waals surface area contributed by atoms with Gasteiger partial charge in [-0.15, -0.1) is 5.10 Å². The molecule has 38 heavy (non-hydrogen) atoms. The second-order valence-corrected chi connectivity index (χ2v) is 10.8. The Labute approximate surface area is 224 Å². The van der Waals surface area contributed by atoms with E-state index in [4.69, 9.17) is 5.73 Å². The van der Waals surface area contributed by atoms with E-state index in [1.807, 2.05) is 6.07 Å². The molecule has 0 saturated heterocycles. The fourth-order valence-corrected chi connectivity index (χ4v) is 6.68. The normalized spacial score (nSPS) is 20.4. The Balaban J connectivity index is 1.26. The number of anilines is 1. The van der Waals surface area contributed by atoms with Crippen LogP contribution in [0.1, 0.15) is 79.0 Å². The van der Waals surface area contributed by atoms with E-state index in [0.29, 0.717) is 17.4 Å². The van der Waals surface area contributed by atoms with Gasteiger partial charge in [0.05, 0.1) is 0 Å². The van der Waals surface area contributed by atoms with E-state index >= 15 is 0 Å². The predicted octanol–water partition coefficient (Wildman–Crippen LogP) is 7.53. The summed E-state index contributed by atoms with van der Waals surface area (Å²) in [6, 6.07) is 35.0. The molecular formula is C33H35N5. The number of hydrogen-bond acceptors (Lipinski definition) is 4. The number of fused-ring (bicyclic) bond motifs is 1. The van der Waals surface area contributed by atoms with Gasteiger partial charge in [-0.1, -0.05) is 97.4 Å². The summed E-state index contributed by atoms with van der Waals surface area (Å²) in [5.74, 6) is 1.33. The van der Waals surface area contributed by atoms with Crippen LogP contribution in [0.4, 0.5) is 5.82 Å². The molecule has 1 fully saturated rings. The molecule has 1 saturated carbocycles. The van der Waals surface area contributed by atoms with Gasteiger partial charge in [0.15, 0.2) is 0 Å². The third kappa shape index (κ3) is 4.93. The highest BCUT2D eigenvalue weighted by Gasteiger charge is 2.37. The molecule has 3 aromatic carbocycles. The van der Waals surface area contributed by atoms with Crippen LogP contribution >= 0.6 is 0 Å². The van der Waals surface area contributed by atoms with E-state index in [-0.39, 0.29) is 11.3 Å². The van der Waals surface area contributed by atoms with Crippen LogP contribution in [0.5, 0.6) is 0 Å². The quantitative estimate of drug-likeness (QED) is 0.230. The summed E-state index contributed by atoms with van der Waals surface area (Å²) in [5, 5.41) is 11.4. The molecule has 6 rings (SSSR count). The third-order valence-electron chi connectivity index (χ3n) is 8.67. The summed E-state index contributed by atoms with van der Waals surface area (Å²) in [4.78, 5) is 4.38. The second-order valence-electron chi connectivity index (χ2n) is 10.8. The van der Waals surface area contributed by atoms with Gasteiger partial charge >= 0.3 is 0 Å². The van der Waals surface area contributed by atoms with Crippen LogP contribution in [0.25, 0.3) is 11.2 Å². The molecule has 2 aromatic heterocycles. The highest BCUT2D eigenvalue weighted by molar-refractivity contribution is 5.77. The van der Waals surface area contributed by atoms with E-state index in [0.717, 1.165) is 23.9 Å². The lowest BCUT2D eigenvalue weighted by Gasteiger charge is -2.41. The molecule has 5 nitrogen and oxygen atoms in total. The Morgan fingerprint density at radius 3 is 2.21 bits per heavy atom. The number of aromatic nitrogens is 4. The van der Waals surface area contributed by atoms with Crippen LogP contribution in [0.2, 0.25) is 0 Å². The molecule has 0 aliphatic heterocycles. The number of rotatable bonds is 8. The lowest BCUT2D eigenvalue weighted by molar-refractivity contribution is 0.245. The van der Waals surface area contributed by atoms with Crippen LogP contribution in [0, 0.1) is 0 Å². The molecule has 1 aliphatic carbocycles. The first kappa shape index (κ1) is 24.4. The van der Waals surface area contributed by atoms with Crippen molar-refractivity contribution in [3.8, 4) is 0 Å². The molecule has 3 N–H and O–H groups in total. The summed E-state index contributed by atoms with van der Waals surface area (Å²) >= 11 is 0. The average molecular weight is 502 g/mol. The van der Waals surface area contributed by atoms with Crippen molar-refractivity contribution in [3.05, 3.63) is 119 Å². The number of nitrogens with two attached hydrogens (primary N) is 1. The Bertz CT molecular complexity index is 1460. The van der Waals surface area contributed by atoms with Crippen LogP contribution in [0.3, 0.4) is 0 Å². The van der Waals surface area contributed by atoms with Crippen LogP contribution in [-0.4, -0.2) is 20.4 Å². The zero-order chi connectivity index (χ0) is 25.8. The van der Waals surface area contributed by atoms with E-state index in [1.54, 1.807) is 0 Å². The molecular weight excluding hydrogens is 466 g/mol. The first-order valence-electron chi connectivity index (χ1n) is 13.8. The Kier molecular flexibility index (Phi) is 6.91. The van der Waals surface area contributed by atoms with Gasteiger partial charge in [-0.25, -0.2) is 4.98 Å². The summed E-state index contributed by atoms with van der Waals surface area (Å²) in [5.41, 5.74) is 13.2. The number of nitrogens with zero attached hydrogens (tertiary/aromatic N) is 3. The lowest BCUT2D eigenvalue weighted by atomic mass is 9.63. The van der Waals surface area contributed by atoms with Crippen molar-refractivity contribution in [3.63, 3.8) is 0 Å². The van der Waals surface area contributed by atoms with Gasteiger partial charge in [-0.3, -0.25) is 0 Å². The predicted molar refractivity (Wildman–Crippen MR) is 154 cm³/mol. The van der Waals surface area contributed by atoms with Gasteiger partial charge in [0, 0.05) is 5.92 Å². The number of benzene rings is 3. The first-order valence-corrected chi connectivity index (χ1v) is 13.8. The lowest BCUT2D eigenvalue weighted by Crippen LogP contribution is -2.31. The van der Waals surface area contributed by atoms with Crippen molar-refractivity contribution in [2.45, 2.75) is 62.2 Å². The third-order valence-corrected chi connectivity index (χ3v) is 8.67. The number of pyridine rings is 1. The zero-order valence-corrected chi connectivity index (χ0v) is 21.8. The first-order chi connectivity index (χ1) is 18.7. The van der Waals surface area contributed by atoms with Gasteiger partial charge in [0.1, 0.15) is 11.3 Å². The zero-order valence-electron chi connectivity index (χ0n) is 21.8. The van der Waals surface area contributed by atoms with Crippen LogP contribution in [0.15, 0.2) is 97.1 Å². The SMILES string of the molecule is Nc1cc(C(CCCC2(c3ccccc3)CCC(c3ccccc3)CC2)c2ccccc2)c2n[nH]nc2n1. The monoisotopic (exact) mass is 501 g/mol. The number of nitrogen functional groups attached to an aromatic ring is 1. The topological polar surface area (TPSA) is 80.5 Å². The Morgan fingerprint density at radius 2 is 1.50 bits per heavy atom. The maximum Gasteiger partial charge on any atom is 0.203 e. The molecule has 2 heterocycles. The molecule has 1 unspecified atom stereocenters. The van der Waals surface area contributed by atoms with Crippen LogP contribution < -0.4 is 5.73 Å². The molecule has 0 radical (unpaired) electrons. The number of H-pyrrole nitrogens is 1. The minimum Gasteiger partial charge on any atom is -0.384 e. The van der Waals surface area contributed by atoms with Crippen molar-refractivity contribution in [2.75, 3.05) is 5.73 Å². The van der Waals surface area contributed by atoms with Gasteiger partial charge < -0.3 is 5.73 Å². The largest absolute Gasteiger partial charge is 0.384 e. The smallest absolute Gasteiger partial charge is 0.203 e. The Morgan fingerprint density at radius 1 is 0.842 bits per heavy atom. The van der Waals surface area contributed by atoms with E-state index in [9.17, 15) is 0 Å². The standard InChI is InChI=1S/C33H35N5/c34-30-23-29(31-32(35-30)37-38-36-31)28(26-13-6-2-7-14-26)17-10-20-33(27-15-8-3-9-16-27)21-18-25(19-22-33)24-11-4-1-5-12-24/h1-9,11-16,23,25,28H,10,17-22H2,(H3,34,35,36,37,38). The molecule has 0 bridgehead atoms. The maximum atomic E-state index is 6.21. The number of hydrogen-bond donors (Lipinski definition) is 2. The molecule has 5 aromatic rings. The second kappa shape index (κ2) is 10.8. The number of aromatic amines is 1. The fourth-order valence-electron chi connectivity index (χ4n) is 6.68. The van der Waals surface area contributed by atoms with Crippen LogP contribution in [-0.2, 0) is 5.41 Å². The van der Waals surface area contributed by atoms with Gasteiger partial charge in [0.2, 0.25) is 5.65 Å². The van der Waals surface area contributed by atoms with Crippen molar-refractivity contribution >= 4 is 17.0 Å². The van der Waals surface area contributed by atoms with E-state index in [2.05, 4.69) is 111 Å². The van der Waals surface area contributed by atoms with E-state index in [1.165, 1.54) is 48.8 Å². The fraction of sp³-hybridized carbons (Fsp3) is 0.303. The summed E-state index contributed by atoms with van der Waals surface area (Å²) < 4.78 is 0. The van der Waals surface area contributed by atoms with E-state index < -0.39 is 0 Å². The van der Waals surface area contributed by atoms with Crippen molar-refractivity contribution in [2.24, 2.45) is 0 Å². The molecule has 0 spiro atoms. The highest BCUT2D eigenvalue weighted by atomic mass is 15.3. The van der Waals surface area contributed by atoms with Gasteiger partial charge in [-0.2, -0.15) is 10.3 Å². The summed E-state index contributed by atoms with van der Waals surface area (Å²) in [7, 11) is 0. The minimum absolute atomic E-state index is 0.183. The molecule has 5 heteroatoms. The highest BCUT2D eigenvalue weighted by Crippen LogP contribution is 2.48. The van der Waals surface area contributed by atoms with Gasteiger partial charge in [0.25, 0.3) is 0 Å². The minimum atomic E-state index is 0.183. The molecule has 1 atom stereocenters. The van der Waals surface area contributed by atoms with Crippen molar-refractivity contribution in [1.82, 2.24) is 20.4 Å². The maximum absolute atomic E-state index is 6.21. The molecule has 0 amide bonds. The molecule has 1 aliphatic rings. The number of nitrogens with one attached hydrogen (secondary N) is 1.